The Labute approximate surface area is 200 Å². The van der Waals surface area contributed by atoms with E-state index in [1.165, 1.54) is 11.8 Å². The number of carbonyl (C=O) groups excluding carboxylic acids is 2. The van der Waals surface area contributed by atoms with Crippen molar-refractivity contribution in [2.45, 2.75) is 31.5 Å². The number of hydrogen-bond acceptors (Lipinski definition) is 6. The van der Waals surface area contributed by atoms with Crippen LogP contribution < -0.4 is 9.47 Å². The molecule has 3 aliphatic rings. The Kier molecular flexibility index (Phi) is 5.60. The van der Waals surface area contributed by atoms with E-state index in [-0.39, 0.29) is 31.2 Å². The zero-order valence-electron chi connectivity index (χ0n) is 19.2. The standard InChI is InChI=1S/C22H19N3O4.C3H6O3/c1-24-10-19(26)25-16(22(24)27)9-14-13-4-2-3-5-15(13)23-20(14)21(25)12-6-7-17-18(8-12)29-11-28-17;1-2(4)3(5)6/h2-8,16,21,23H,9-11H2,1H3;2,4H,1H3,(H,5,6)/t16-,21-;/m1./s1. The molecule has 6 rings (SSSR count). The minimum absolute atomic E-state index is 0.0220. The molecule has 3 aromatic rings. The van der Waals surface area contributed by atoms with Crippen LogP contribution in [0.3, 0.4) is 0 Å². The van der Waals surface area contributed by atoms with Crippen molar-refractivity contribution < 1.29 is 34.1 Å². The monoisotopic (exact) mass is 479 g/mol. The van der Waals surface area contributed by atoms with E-state index >= 15 is 0 Å². The summed E-state index contributed by atoms with van der Waals surface area (Å²) < 4.78 is 11.0. The summed E-state index contributed by atoms with van der Waals surface area (Å²) >= 11 is 0. The Morgan fingerprint density at radius 3 is 2.60 bits per heavy atom. The van der Waals surface area contributed by atoms with Crippen LogP contribution in [0.15, 0.2) is 42.5 Å². The fourth-order valence-corrected chi connectivity index (χ4v) is 4.84. The number of nitrogens with one attached hydrogen (secondary N) is 1. The molecule has 1 aromatic heterocycles. The van der Waals surface area contributed by atoms with Crippen molar-refractivity contribution in [3.05, 3.63) is 59.3 Å². The van der Waals surface area contributed by atoms with Crippen LogP contribution >= 0.6 is 0 Å². The molecule has 0 bridgehead atoms. The molecule has 2 aromatic carbocycles. The Morgan fingerprint density at radius 1 is 1.14 bits per heavy atom. The number of aliphatic hydroxyl groups excluding tert-OH is 1. The highest BCUT2D eigenvalue weighted by Gasteiger charge is 2.47. The van der Waals surface area contributed by atoms with Crippen LogP contribution in [0.1, 0.15) is 29.8 Å². The molecular weight excluding hydrogens is 454 g/mol. The molecule has 1 saturated heterocycles. The van der Waals surface area contributed by atoms with Gasteiger partial charge in [0.1, 0.15) is 12.1 Å². The highest BCUT2D eigenvalue weighted by Crippen LogP contribution is 2.44. The first kappa shape index (κ1) is 22.7. The summed E-state index contributed by atoms with van der Waals surface area (Å²) in [6.45, 7) is 1.48. The number of likely N-dealkylation sites (N-methyl/N-ethyl adjacent to an activating group) is 1. The van der Waals surface area contributed by atoms with Gasteiger partial charge in [-0.3, -0.25) is 9.59 Å². The van der Waals surface area contributed by atoms with Crippen LogP contribution in [0, 0.1) is 0 Å². The molecule has 3 aliphatic heterocycles. The normalized spacial score (nSPS) is 21.2. The van der Waals surface area contributed by atoms with Gasteiger partial charge in [0.05, 0.1) is 12.6 Å². The van der Waals surface area contributed by atoms with E-state index in [9.17, 15) is 14.4 Å². The Bertz CT molecular complexity index is 1330. The van der Waals surface area contributed by atoms with E-state index in [4.69, 9.17) is 19.7 Å². The number of amides is 2. The molecule has 0 spiro atoms. The maximum atomic E-state index is 13.1. The second-order valence-corrected chi connectivity index (χ2v) is 8.81. The van der Waals surface area contributed by atoms with Crippen molar-refractivity contribution >= 4 is 28.7 Å². The highest BCUT2D eigenvalue weighted by molar-refractivity contribution is 5.97. The van der Waals surface area contributed by atoms with E-state index in [1.54, 1.807) is 11.9 Å². The molecule has 4 heterocycles. The number of ether oxygens (including phenoxy) is 2. The third-order valence-electron chi connectivity index (χ3n) is 6.52. The van der Waals surface area contributed by atoms with E-state index in [0.29, 0.717) is 17.9 Å². The minimum atomic E-state index is -1.23. The zero-order valence-corrected chi connectivity index (χ0v) is 19.2. The van der Waals surface area contributed by atoms with Gasteiger partial charge in [0.25, 0.3) is 0 Å². The number of carboxylic acid groups (broad SMARTS) is 1. The molecule has 1 fully saturated rings. The molecule has 10 heteroatoms. The van der Waals surface area contributed by atoms with Gasteiger partial charge in [-0.05, 0) is 36.2 Å². The number of H-pyrrole nitrogens is 1. The van der Waals surface area contributed by atoms with Gasteiger partial charge in [-0.25, -0.2) is 4.79 Å². The Morgan fingerprint density at radius 2 is 1.86 bits per heavy atom. The van der Waals surface area contributed by atoms with Crippen molar-refractivity contribution in [3.63, 3.8) is 0 Å². The second kappa shape index (κ2) is 8.62. The van der Waals surface area contributed by atoms with Crippen LogP contribution in [0.4, 0.5) is 0 Å². The van der Waals surface area contributed by atoms with E-state index in [1.807, 2.05) is 36.4 Å². The molecule has 0 saturated carbocycles. The molecule has 35 heavy (non-hydrogen) atoms. The van der Waals surface area contributed by atoms with Gasteiger partial charge in [-0.1, -0.05) is 24.3 Å². The lowest BCUT2D eigenvalue weighted by Gasteiger charge is -2.46. The van der Waals surface area contributed by atoms with Crippen molar-refractivity contribution in [2.24, 2.45) is 0 Å². The molecule has 2 amide bonds. The average Bonchev–Trinajstić information content (AvgIpc) is 3.45. The van der Waals surface area contributed by atoms with E-state index in [2.05, 4.69) is 11.1 Å². The third kappa shape index (κ3) is 3.85. The number of carbonyl (C=O) groups is 3. The average molecular weight is 479 g/mol. The largest absolute Gasteiger partial charge is 0.479 e. The van der Waals surface area contributed by atoms with Crippen LogP contribution in [-0.2, 0) is 20.8 Å². The minimum Gasteiger partial charge on any atom is -0.479 e. The van der Waals surface area contributed by atoms with E-state index in [0.717, 1.165) is 27.7 Å². The number of fused-ring (bicyclic) bond motifs is 5. The molecule has 3 atom stereocenters. The van der Waals surface area contributed by atoms with Crippen molar-refractivity contribution in [1.82, 2.24) is 14.8 Å². The maximum Gasteiger partial charge on any atom is 0.332 e. The van der Waals surface area contributed by atoms with Crippen molar-refractivity contribution in [2.75, 3.05) is 20.4 Å². The summed E-state index contributed by atoms with van der Waals surface area (Å²) in [4.78, 5) is 42.3. The number of benzene rings is 2. The zero-order chi connectivity index (χ0) is 24.9. The number of aliphatic hydroxyl groups is 1. The first-order valence-electron chi connectivity index (χ1n) is 11.2. The quantitative estimate of drug-likeness (QED) is 0.509. The molecule has 3 N–H and O–H groups in total. The van der Waals surface area contributed by atoms with Crippen LogP contribution in [0.5, 0.6) is 11.5 Å². The van der Waals surface area contributed by atoms with Gasteiger partial charge in [-0.2, -0.15) is 0 Å². The number of aromatic nitrogens is 1. The molecular formula is C25H25N3O7. The topological polar surface area (TPSA) is 132 Å². The summed E-state index contributed by atoms with van der Waals surface area (Å²) in [7, 11) is 1.69. The van der Waals surface area contributed by atoms with Gasteiger partial charge in [0, 0.05) is 30.1 Å². The predicted octanol–water partition coefficient (Wildman–Crippen LogP) is 1.66. The lowest BCUT2D eigenvalue weighted by Crippen LogP contribution is -2.62. The van der Waals surface area contributed by atoms with Crippen LogP contribution in [0.2, 0.25) is 0 Å². The van der Waals surface area contributed by atoms with Crippen molar-refractivity contribution in [1.29, 1.82) is 0 Å². The fraction of sp³-hybridized carbons (Fsp3) is 0.320. The molecule has 0 radical (unpaired) electrons. The maximum absolute atomic E-state index is 13.1. The smallest absolute Gasteiger partial charge is 0.332 e. The summed E-state index contributed by atoms with van der Waals surface area (Å²) in [5, 5.41) is 16.9. The first-order chi connectivity index (χ1) is 16.8. The summed E-state index contributed by atoms with van der Waals surface area (Å²) in [6, 6.07) is 12.9. The predicted molar refractivity (Wildman–Crippen MR) is 124 cm³/mol. The SMILES string of the molecule is CC(O)C(=O)O.CN1CC(=O)N2[C@H](c3ccc4c(c3)OCO4)c3[nH]c4ccccc4c3C[C@@H]2C1=O. The number of aliphatic carboxylic acids is 1. The van der Waals surface area contributed by atoms with Crippen LogP contribution in [0.25, 0.3) is 10.9 Å². The van der Waals surface area contributed by atoms with Gasteiger partial charge in [0.15, 0.2) is 11.5 Å². The number of carboxylic acids is 1. The Hall–Kier alpha value is -4.05. The summed E-state index contributed by atoms with van der Waals surface area (Å²) in [6.07, 6.45) is -0.722. The lowest BCUT2D eigenvalue weighted by atomic mass is 9.86. The van der Waals surface area contributed by atoms with Gasteiger partial charge in [0.2, 0.25) is 18.6 Å². The number of rotatable bonds is 2. The van der Waals surface area contributed by atoms with Crippen molar-refractivity contribution in [3.8, 4) is 11.5 Å². The number of hydrogen-bond donors (Lipinski definition) is 3. The molecule has 10 nitrogen and oxygen atoms in total. The number of piperazine rings is 1. The van der Waals surface area contributed by atoms with Crippen LogP contribution in [-0.4, -0.2) is 75.3 Å². The molecule has 1 unspecified atom stereocenters. The number of nitrogens with zero attached hydrogens (tertiary/aromatic N) is 2. The van der Waals surface area contributed by atoms with Gasteiger partial charge >= 0.3 is 5.97 Å². The fourth-order valence-electron chi connectivity index (χ4n) is 4.84. The molecule has 0 aliphatic carbocycles. The second-order valence-electron chi connectivity index (χ2n) is 8.81. The summed E-state index contributed by atoms with van der Waals surface area (Å²) in [5.74, 6) is 0.0966. The lowest BCUT2D eigenvalue weighted by molar-refractivity contribution is -0.157. The number of aromatic amines is 1. The molecule has 182 valence electrons. The third-order valence-corrected chi connectivity index (χ3v) is 6.52. The summed E-state index contributed by atoms with van der Waals surface area (Å²) in [5.41, 5.74) is 3.97. The van der Waals surface area contributed by atoms with E-state index < -0.39 is 18.1 Å². The van der Waals surface area contributed by atoms with Gasteiger partial charge < -0.3 is 34.5 Å². The number of para-hydroxylation sites is 1. The first-order valence-corrected chi connectivity index (χ1v) is 11.2. The Balaban J connectivity index is 0.000000380. The highest BCUT2D eigenvalue weighted by atomic mass is 16.7. The van der Waals surface area contributed by atoms with Gasteiger partial charge in [-0.15, -0.1) is 0 Å².